The van der Waals surface area contributed by atoms with Crippen molar-refractivity contribution in [2.24, 2.45) is 0 Å². The van der Waals surface area contributed by atoms with Crippen LogP contribution in [0.3, 0.4) is 0 Å². The average Bonchev–Trinajstić information content (AvgIpc) is 2.74. The molecule has 0 spiro atoms. The molecule has 2 aromatic rings. The summed E-state index contributed by atoms with van der Waals surface area (Å²) in [6.07, 6.45) is 1.28. The van der Waals surface area contributed by atoms with E-state index in [0.29, 0.717) is 5.52 Å². The Morgan fingerprint density at radius 2 is 2.05 bits per heavy atom. The van der Waals surface area contributed by atoms with Crippen molar-refractivity contribution in [3.8, 4) is 5.88 Å². The molecule has 0 unspecified atom stereocenters. The SMILES string of the molecule is CC.Cc1ccc2c(OCOP(=O)(O)O)ncnn12. The first-order valence-corrected chi connectivity index (χ1v) is 7.12. The van der Waals surface area contributed by atoms with Crippen molar-refractivity contribution in [3.63, 3.8) is 0 Å². The molecule has 19 heavy (non-hydrogen) atoms. The second-order valence-corrected chi connectivity index (χ2v) is 4.46. The molecule has 106 valence electrons. The van der Waals surface area contributed by atoms with Crippen LogP contribution in [0.2, 0.25) is 0 Å². The molecular formula is C10H16N3O5P. The molecule has 2 heterocycles. The highest BCUT2D eigenvalue weighted by molar-refractivity contribution is 7.46. The van der Waals surface area contributed by atoms with Gasteiger partial charge in [0, 0.05) is 5.69 Å². The topological polar surface area (TPSA) is 106 Å². The zero-order valence-electron chi connectivity index (χ0n) is 10.8. The quantitative estimate of drug-likeness (QED) is 0.649. The first-order valence-electron chi connectivity index (χ1n) is 5.59. The van der Waals surface area contributed by atoms with Gasteiger partial charge >= 0.3 is 7.82 Å². The van der Waals surface area contributed by atoms with Crippen molar-refractivity contribution in [1.29, 1.82) is 0 Å². The number of fused-ring (bicyclic) bond motifs is 1. The van der Waals surface area contributed by atoms with Gasteiger partial charge in [-0.3, -0.25) is 0 Å². The summed E-state index contributed by atoms with van der Waals surface area (Å²) in [4.78, 5) is 20.8. The van der Waals surface area contributed by atoms with Crippen LogP contribution in [-0.2, 0) is 9.09 Å². The number of phosphoric ester groups is 1. The molecule has 0 atom stereocenters. The molecule has 0 saturated heterocycles. The average molecular weight is 289 g/mol. The van der Waals surface area contributed by atoms with Gasteiger partial charge in [-0.05, 0) is 19.1 Å². The number of ether oxygens (including phenoxy) is 1. The predicted octanol–water partition coefficient (Wildman–Crippen LogP) is 1.51. The Labute approximate surface area is 110 Å². The molecule has 0 aliphatic rings. The maximum absolute atomic E-state index is 10.4. The standard InChI is InChI=1S/C8H10N3O5P.C2H6/c1-6-2-3-7-8(9-4-10-11(6)7)15-5-16-17(12,13)14;1-2/h2-4H,5H2,1H3,(H2,12,13,14);1-2H3. The third-order valence-corrected chi connectivity index (χ3v) is 2.46. The highest BCUT2D eigenvalue weighted by atomic mass is 31.2. The van der Waals surface area contributed by atoms with Crippen LogP contribution in [0.4, 0.5) is 0 Å². The molecule has 0 amide bonds. The number of hydrogen-bond acceptors (Lipinski definition) is 5. The Hall–Kier alpha value is -1.47. The van der Waals surface area contributed by atoms with Gasteiger partial charge in [-0.2, -0.15) is 10.1 Å². The van der Waals surface area contributed by atoms with E-state index in [2.05, 4.69) is 14.6 Å². The number of aromatic nitrogens is 3. The van der Waals surface area contributed by atoms with E-state index in [1.165, 1.54) is 6.33 Å². The van der Waals surface area contributed by atoms with Gasteiger partial charge in [-0.1, -0.05) is 13.8 Å². The van der Waals surface area contributed by atoms with E-state index in [-0.39, 0.29) is 5.88 Å². The lowest BCUT2D eigenvalue weighted by molar-refractivity contribution is 0.0803. The van der Waals surface area contributed by atoms with Crippen molar-refractivity contribution in [1.82, 2.24) is 14.6 Å². The summed E-state index contributed by atoms with van der Waals surface area (Å²) in [5.74, 6) is 0.196. The number of aryl methyl sites for hydroxylation is 1. The molecular weight excluding hydrogens is 273 g/mol. The van der Waals surface area contributed by atoms with Crippen molar-refractivity contribution >= 4 is 13.3 Å². The summed E-state index contributed by atoms with van der Waals surface area (Å²) in [7, 11) is -4.53. The van der Waals surface area contributed by atoms with Crippen LogP contribution in [0.15, 0.2) is 18.5 Å². The van der Waals surface area contributed by atoms with Gasteiger partial charge in [-0.25, -0.2) is 13.6 Å². The highest BCUT2D eigenvalue weighted by Crippen LogP contribution is 2.35. The third-order valence-electron chi connectivity index (χ3n) is 2.02. The van der Waals surface area contributed by atoms with E-state index < -0.39 is 14.6 Å². The maximum Gasteiger partial charge on any atom is 0.472 e. The number of hydrogen-bond donors (Lipinski definition) is 2. The summed E-state index contributed by atoms with van der Waals surface area (Å²) in [6.45, 7) is 5.27. The Balaban J connectivity index is 0.000000861. The number of phosphoric acid groups is 1. The molecule has 2 N–H and O–H groups in total. The fraction of sp³-hybridized carbons (Fsp3) is 0.400. The van der Waals surface area contributed by atoms with Gasteiger partial charge in [0.2, 0.25) is 12.7 Å². The van der Waals surface area contributed by atoms with Gasteiger partial charge in [-0.15, -0.1) is 0 Å². The zero-order chi connectivity index (χ0) is 14.5. The van der Waals surface area contributed by atoms with Crippen LogP contribution in [0.5, 0.6) is 5.88 Å². The van der Waals surface area contributed by atoms with Crippen LogP contribution in [0.25, 0.3) is 5.52 Å². The van der Waals surface area contributed by atoms with E-state index in [1.54, 1.807) is 10.6 Å². The van der Waals surface area contributed by atoms with E-state index in [9.17, 15) is 4.57 Å². The number of rotatable bonds is 4. The molecule has 8 nitrogen and oxygen atoms in total. The van der Waals surface area contributed by atoms with Gasteiger partial charge < -0.3 is 14.5 Å². The molecule has 2 aromatic heterocycles. The van der Waals surface area contributed by atoms with Gasteiger partial charge in [0.1, 0.15) is 11.8 Å². The van der Waals surface area contributed by atoms with Crippen LogP contribution >= 0.6 is 7.82 Å². The van der Waals surface area contributed by atoms with Crippen molar-refractivity contribution < 1.29 is 23.6 Å². The Morgan fingerprint density at radius 3 is 2.68 bits per heavy atom. The first-order chi connectivity index (χ1) is 8.97. The minimum Gasteiger partial charge on any atom is -0.448 e. The molecule has 0 aromatic carbocycles. The van der Waals surface area contributed by atoms with Gasteiger partial charge in [0.15, 0.2) is 0 Å². The highest BCUT2D eigenvalue weighted by Gasteiger charge is 2.14. The Kier molecular flexibility index (Phi) is 5.44. The molecule has 9 heteroatoms. The lowest BCUT2D eigenvalue weighted by atomic mass is 10.5. The van der Waals surface area contributed by atoms with Crippen molar-refractivity contribution in [3.05, 3.63) is 24.2 Å². The van der Waals surface area contributed by atoms with Gasteiger partial charge in [0.25, 0.3) is 0 Å². The van der Waals surface area contributed by atoms with E-state index in [1.807, 2.05) is 26.8 Å². The largest absolute Gasteiger partial charge is 0.472 e. The Bertz CT molecular complexity index is 580. The summed E-state index contributed by atoms with van der Waals surface area (Å²) in [5.41, 5.74) is 1.49. The van der Waals surface area contributed by atoms with Crippen LogP contribution in [-0.4, -0.2) is 31.2 Å². The maximum atomic E-state index is 10.4. The van der Waals surface area contributed by atoms with E-state index >= 15 is 0 Å². The smallest absolute Gasteiger partial charge is 0.448 e. The summed E-state index contributed by atoms with van der Waals surface area (Å²) in [6, 6.07) is 3.56. The predicted molar refractivity (Wildman–Crippen MR) is 67.7 cm³/mol. The van der Waals surface area contributed by atoms with Crippen molar-refractivity contribution in [2.45, 2.75) is 20.8 Å². The molecule has 0 aliphatic carbocycles. The first kappa shape index (κ1) is 15.6. The van der Waals surface area contributed by atoms with E-state index in [0.717, 1.165) is 5.69 Å². The molecule has 0 saturated carbocycles. The van der Waals surface area contributed by atoms with Crippen molar-refractivity contribution in [2.75, 3.05) is 6.79 Å². The van der Waals surface area contributed by atoms with E-state index in [4.69, 9.17) is 14.5 Å². The molecule has 0 aliphatic heterocycles. The molecule has 2 rings (SSSR count). The normalized spacial score (nSPS) is 11.0. The minimum absolute atomic E-state index is 0.196. The van der Waals surface area contributed by atoms with Crippen LogP contribution in [0.1, 0.15) is 19.5 Å². The molecule has 0 fully saturated rings. The fourth-order valence-corrected chi connectivity index (χ4v) is 1.49. The third kappa shape index (κ3) is 4.29. The molecule has 0 radical (unpaired) electrons. The lowest BCUT2D eigenvalue weighted by Gasteiger charge is -2.07. The number of nitrogens with zero attached hydrogens (tertiary/aromatic N) is 3. The minimum atomic E-state index is -4.53. The van der Waals surface area contributed by atoms with Crippen LogP contribution in [0, 0.1) is 6.92 Å². The summed E-state index contributed by atoms with van der Waals surface area (Å²) in [5, 5.41) is 3.99. The lowest BCUT2D eigenvalue weighted by Crippen LogP contribution is -2.05. The second kappa shape index (κ2) is 6.63. The molecule has 0 bridgehead atoms. The monoisotopic (exact) mass is 289 g/mol. The van der Waals surface area contributed by atoms with Gasteiger partial charge in [0.05, 0.1) is 0 Å². The zero-order valence-corrected chi connectivity index (χ0v) is 11.7. The fourth-order valence-electron chi connectivity index (χ4n) is 1.30. The van der Waals surface area contributed by atoms with Crippen LogP contribution < -0.4 is 4.74 Å². The Morgan fingerprint density at radius 1 is 1.37 bits per heavy atom. The summed E-state index contributed by atoms with van der Waals surface area (Å²) < 4.78 is 21.2. The second-order valence-electron chi connectivity index (χ2n) is 3.22. The summed E-state index contributed by atoms with van der Waals surface area (Å²) >= 11 is 0.